The largest absolute Gasteiger partial charge is 0.484 e. The van der Waals surface area contributed by atoms with E-state index < -0.39 is 15.9 Å². The van der Waals surface area contributed by atoms with Crippen molar-refractivity contribution in [2.45, 2.75) is 17.7 Å². The molecule has 1 aromatic carbocycles. The van der Waals surface area contributed by atoms with Gasteiger partial charge in [-0.2, -0.15) is 0 Å². The molecule has 0 bridgehead atoms. The average Bonchev–Trinajstić information content (AvgIpc) is 2.95. The molecular weight excluding hydrogens is 378 g/mol. The third kappa shape index (κ3) is 6.31. The van der Waals surface area contributed by atoms with Gasteiger partial charge in [0.05, 0.1) is 24.7 Å². The number of primary amides is 1. The Hall–Kier alpha value is -2.50. The van der Waals surface area contributed by atoms with Crippen LogP contribution in [0, 0.1) is 0 Å². The number of amides is 3. The maximum absolute atomic E-state index is 12.2. The summed E-state index contributed by atoms with van der Waals surface area (Å²) in [4.78, 5) is 34.7. The van der Waals surface area contributed by atoms with Crippen LogP contribution in [0.5, 0.6) is 5.75 Å². The molecule has 3 amide bonds. The van der Waals surface area contributed by atoms with Crippen LogP contribution in [-0.4, -0.2) is 63.9 Å². The number of sulfonamides is 1. The SMILES string of the molecule is NC(=O)COc1ccc(S(=O)(=O)NCCOCCN2C(=O)CCC2=O)cc1. The molecule has 2 rings (SSSR count). The topological polar surface area (TPSA) is 145 Å². The molecule has 0 aliphatic carbocycles. The van der Waals surface area contributed by atoms with Gasteiger partial charge in [0.15, 0.2) is 6.61 Å². The molecule has 1 aliphatic rings. The molecule has 1 aromatic rings. The van der Waals surface area contributed by atoms with Crippen LogP contribution >= 0.6 is 0 Å². The van der Waals surface area contributed by atoms with E-state index in [0.717, 1.165) is 4.90 Å². The highest BCUT2D eigenvalue weighted by atomic mass is 32.2. The van der Waals surface area contributed by atoms with Crippen LogP contribution in [0.1, 0.15) is 12.8 Å². The van der Waals surface area contributed by atoms with E-state index in [1.165, 1.54) is 24.3 Å². The fourth-order valence-electron chi connectivity index (χ4n) is 2.33. The van der Waals surface area contributed by atoms with Crippen molar-refractivity contribution < 1.29 is 32.3 Å². The van der Waals surface area contributed by atoms with E-state index in [-0.39, 0.29) is 62.5 Å². The number of imide groups is 1. The van der Waals surface area contributed by atoms with Gasteiger partial charge in [-0.05, 0) is 24.3 Å². The molecule has 1 aliphatic heterocycles. The Morgan fingerprint density at radius 2 is 1.74 bits per heavy atom. The van der Waals surface area contributed by atoms with E-state index in [9.17, 15) is 22.8 Å². The molecule has 1 heterocycles. The molecule has 0 unspecified atom stereocenters. The highest BCUT2D eigenvalue weighted by Gasteiger charge is 2.28. The molecule has 148 valence electrons. The lowest BCUT2D eigenvalue weighted by molar-refractivity contribution is -0.139. The van der Waals surface area contributed by atoms with Crippen molar-refractivity contribution in [3.8, 4) is 5.75 Å². The van der Waals surface area contributed by atoms with Gasteiger partial charge in [0.2, 0.25) is 21.8 Å². The van der Waals surface area contributed by atoms with Gasteiger partial charge in [0, 0.05) is 19.4 Å². The number of hydrogen-bond acceptors (Lipinski definition) is 7. The zero-order valence-corrected chi connectivity index (χ0v) is 15.4. The Kier molecular flexibility index (Phi) is 7.28. The zero-order valence-electron chi connectivity index (χ0n) is 14.5. The lowest BCUT2D eigenvalue weighted by atomic mass is 10.3. The lowest BCUT2D eigenvalue weighted by Gasteiger charge is -2.13. The summed E-state index contributed by atoms with van der Waals surface area (Å²) in [7, 11) is -3.72. The summed E-state index contributed by atoms with van der Waals surface area (Å²) in [6.45, 7) is 0.137. The van der Waals surface area contributed by atoms with Crippen molar-refractivity contribution >= 4 is 27.7 Å². The summed E-state index contributed by atoms with van der Waals surface area (Å²) < 4.78 is 37.0. The summed E-state index contributed by atoms with van der Waals surface area (Å²) in [5.41, 5.74) is 4.96. The van der Waals surface area contributed by atoms with Crippen LogP contribution in [-0.2, 0) is 29.1 Å². The second-order valence-electron chi connectivity index (χ2n) is 5.68. The monoisotopic (exact) mass is 399 g/mol. The van der Waals surface area contributed by atoms with Crippen molar-refractivity contribution in [2.75, 3.05) is 32.9 Å². The minimum Gasteiger partial charge on any atom is -0.484 e. The Balaban J connectivity index is 1.70. The first-order chi connectivity index (χ1) is 12.8. The van der Waals surface area contributed by atoms with Crippen LogP contribution in [0.15, 0.2) is 29.2 Å². The number of nitrogens with zero attached hydrogens (tertiary/aromatic N) is 1. The van der Waals surface area contributed by atoms with E-state index in [1.807, 2.05) is 0 Å². The predicted octanol–water partition coefficient (Wildman–Crippen LogP) is -1.01. The Morgan fingerprint density at radius 1 is 1.11 bits per heavy atom. The molecule has 1 fully saturated rings. The van der Waals surface area contributed by atoms with Crippen LogP contribution < -0.4 is 15.2 Å². The second-order valence-corrected chi connectivity index (χ2v) is 7.44. The van der Waals surface area contributed by atoms with Gasteiger partial charge in [-0.1, -0.05) is 0 Å². The minimum absolute atomic E-state index is 0.0298. The Bertz CT molecular complexity index is 777. The molecule has 0 saturated carbocycles. The van der Waals surface area contributed by atoms with E-state index in [1.54, 1.807) is 0 Å². The molecule has 0 radical (unpaired) electrons. The standard InChI is InChI=1S/C16H21N3O7S/c17-14(20)11-26-12-1-3-13(4-2-12)27(23,24)18-7-9-25-10-8-19-15(21)5-6-16(19)22/h1-4,18H,5-11H2,(H2,17,20). The predicted molar refractivity (Wildman–Crippen MR) is 93.1 cm³/mol. The number of hydrogen-bond donors (Lipinski definition) is 2. The number of benzene rings is 1. The smallest absolute Gasteiger partial charge is 0.255 e. The van der Waals surface area contributed by atoms with E-state index in [0.29, 0.717) is 5.75 Å². The van der Waals surface area contributed by atoms with E-state index >= 15 is 0 Å². The van der Waals surface area contributed by atoms with Gasteiger partial charge >= 0.3 is 0 Å². The second kappa shape index (κ2) is 9.44. The molecular formula is C16H21N3O7S. The van der Waals surface area contributed by atoms with Crippen LogP contribution in [0.3, 0.4) is 0 Å². The number of carbonyl (C=O) groups is 3. The van der Waals surface area contributed by atoms with Gasteiger partial charge in [-0.15, -0.1) is 0 Å². The first-order valence-corrected chi connectivity index (χ1v) is 9.69. The maximum Gasteiger partial charge on any atom is 0.255 e. The number of nitrogens with two attached hydrogens (primary N) is 1. The third-order valence-corrected chi connectivity index (χ3v) is 5.14. The number of nitrogens with one attached hydrogen (secondary N) is 1. The summed E-state index contributed by atoms with van der Waals surface area (Å²) in [6.07, 6.45) is 0.454. The van der Waals surface area contributed by atoms with Gasteiger partial charge < -0.3 is 15.2 Å². The van der Waals surface area contributed by atoms with Gasteiger partial charge in [0.1, 0.15) is 5.75 Å². The normalized spacial score (nSPS) is 14.6. The Labute approximate surface area is 156 Å². The first-order valence-electron chi connectivity index (χ1n) is 8.21. The average molecular weight is 399 g/mol. The summed E-state index contributed by atoms with van der Waals surface area (Å²) in [5, 5.41) is 0. The molecule has 0 spiro atoms. The molecule has 3 N–H and O–H groups in total. The Morgan fingerprint density at radius 3 is 2.33 bits per heavy atom. The van der Waals surface area contributed by atoms with E-state index in [2.05, 4.69) is 4.72 Å². The molecule has 1 saturated heterocycles. The van der Waals surface area contributed by atoms with Crippen LogP contribution in [0.4, 0.5) is 0 Å². The zero-order chi connectivity index (χ0) is 19.9. The molecule has 0 aromatic heterocycles. The fraction of sp³-hybridized carbons (Fsp3) is 0.438. The van der Waals surface area contributed by atoms with Crippen molar-refractivity contribution in [1.82, 2.24) is 9.62 Å². The molecule has 11 heteroatoms. The number of rotatable bonds is 11. The maximum atomic E-state index is 12.2. The fourth-order valence-corrected chi connectivity index (χ4v) is 3.34. The van der Waals surface area contributed by atoms with Gasteiger partial charge in [-0.3, -0.25) is 19.3 Å². The molecule has 27 heavy (non-hydrogen) atoms. The van der Waals surface area contributed by atoms with Crippen LogP contribution in [0.2, 0.25) is 0 Å². The van der Waals surface area contributed by atoms with Crippen molar-refractivity contribution in [1.29, 1.82) is 0 Å². The van der Waals surface area contributed by atoms with E-state index in [4.69, 9.17) is 15.2 Å². The number of ether oxygens (including phenoxy) is 2. The van der Waals surface area contributed by atoms with Crippen LogP contribution in [0.25, 0.3) is 0 Å². The highest BCUT2D eigenvalue weighted by Crippen LogP contribution is 2.15. The molecule has 10 nitrogen and oxygen atoms in total. The minimum atomic E-state index is -3.72. The third-order valence-electron chi connectivity index (χ3n) is 3.67. The van der Waals surface area contributed by atoms with Crippen molar-refractivity contribution in [2.24, 2.45) is 5.73 Å². The highest BCUT2D eigenvalue weighted by molar-refractivity contribution is 7.89. The first kappa shape index (κ1) is 20.8. The number of carbonyl (C=O) groups excluding carboxylic acids is 3. The summed E-state index contributed by atoms with van der Waals surface area (Å²) >= 11 is 0. The lowest BCUT2D eigenvalue weighted by Crippen LogP contribution is -2.33. The summed E-state index contributed by atoms with van der Waals surface area (Å²) in [5.74, 6) is -0.742. The van der Waals surface area contributed by atoms with Crippen molar-refractivity contribution in [3.05, 3.63) is 24.3 Å². The van der Waals surface area contributed by atoms with Gasteiger partial charge in [0.25, 0.3) is 5.91 Å². The molecule has 0 atom stereocenters. The van der Waals surface area contributed by atoms with Gasteiger partial charge in [-0.25, -0.2) is 13.1 Å². The number of likely N-dealkylation sites (tertiary alicyclic amines) is 1. The summed E-state index contributed by atoms with van der Waals surface area (Å²) in [6, 6.07) is 5.50. The van der Waals surface area contributed by atoms with Crippen molar-refractivity contribution in [3.63, 3.8) is 0 Å². The quantitative estimate of drug-likeness (QED) is 0.358.